The first kappa shape index (κ1) is 16.2. The molecule has 0 saturated carbocycles. The van der Waals surface area contributed by atoms with Crippen molar-refractivity contribution in [3.8, 4) is 0 Å². The monoisotopic (exact) mass is 321 g/mol. The summed E-state index contributed by atoms with van der Waals surface area (Å²) in [7, 11) is 0. The molecular formula is C20H21N2O2. The molecule has 0 fully saturated rings. The fourth-order valence-corrected chi connectivity index (χ4v) is 3.48. The molecule has 3 rings (SSSR count). The highest BCUT2D eigenvalue weighted by Gasteiger charge is 2.37. The van der Waals surface area contributed by atoms with E-state index in [1.807, 2.05) is 49.4 Å². The normalized spacial score (nSPS) is 17.9. The molecule has 4 nitrogen and oxygen atoms in total. The molecule has 1 heterocycles. The van der Waals surface area contributed by atoms with Crippen LogP contribution < -0.4 is 5.73 Å². The van der Waals surface area contributed by atoms with Crippen molar-refractivity contribution in [2.75, 3.05) is 6.54 Å². The van der Waals surface area contributed by atoms with E-state index in [9.17, 15) is 9.59 Å². The van der Waals surface area contributed by atoms with Gasteiger partial charge in [-0.3, -0.25) is 9.59 Å². The Morgan fingerprint density at radius 3 is 2.71 bits per heavy atom. The maximum Gasteiger partial charge on any atom is 0.244 e. The lowest BCUT2D eigenvalue weighted by Crippen LogP contribution is -2.47. The van der Waals surface area contributed by atoms with Gasteiger partial charge in [0.1, 0.15) is 6.04 Å². The lowest BCUT2D eigenvalue weighted by atomic mass is 9.89. The fraction of sp³-hybridized carbons (Fsp3) is 0.300. The lowest BCUT2D eigenvalue weighted by molar-refractivity contribution is -0.141. The molecule has 0 saturated heterocycles. The average molecular weight is 321 g/mol. The minimum absolute atomic E-state index is 0.0361. The number of primary amides is 1. The van der Waals surface area contributed by atoms with E-state index in [-0.39, 0.29) is 11.8 Å². The molecule has 2 aromatic carbocycles. The van der Waals surface area contributed by atoms with Gasteiger partial charge in [-0.1, -0.05) is 55.5 Å². The number of hydrogen-bond donors (Lipinski definition) is 1. The van der Waals surface area contributed by atoms with Gasteiger partial charge in [0.25, 0.3) is 0 Å². The smallest absolute Gasteiger partial charge is 0.244 e. The van der Waals surface area contributed by atoms with Crippen LogP contribution in [0.5, 0.6) is 0 Å². The number of rotatable bonds is 4. The Balaban J connectivity index is 1.95. The second-order valence-electron chi connectivity index (χ2n) is 6.08. The Labute approximate surface area is 142 Å². The van der Waals surface area contributed by atoms with Crippen LogP contribution in [0.3, 0.4) is 0 Å². The van der Waals surface area contributed by atoms with Crippen molar-refractivity contribution in [3.63, 3.8) is 0 Å². The standard InChI is InChI=1S/C20H21N2O2/c1-2-16(14-8-4-3-5-9-14)20(24)22-13-12-15-10-6-7-11-17(15)18(22)19(21)23/h3-5,7-11,16,18H,2,12-13H2,1H3,(H2,21,23). The molecule has 123 valence electrons. The topological polar surface area (TPSA) is 63.4 Å². The van der Waals surface area contributed by atoms with Crippen molar-refractivity contribution in [1.82, 2.24) is 4.90 Å². The van der Waals surface area contributed by atoms with E-state index < -0.39 is 11.9 Å². The minimum atomic E-state index is -0.700. The zero-order chi connectivity index (χ0) is 17.1. The van der Waals surface area contributed by atoms with Gasteiger partial charge in [0.15, 0.2) is 0 Å². The third-order valence-electron chi connectivity index (χ3n) is 4.68. The van der Waals surface area contributed by atoms with Gasteiger partial charge in [-0.2, -0.15) is 0 Å². The predicted molar refractivity (Wildman–Crippen MR) is 92.1 cm³/mol. The zero-order valence-electron chi connectivity index (χ0n) is 13.7. The first-order chi connectivity index (χ1) is 11.6. The van der Waals surface area contributed by atoms with E-state index >= 15 is 0 Å². The van der Waals surface area contributed by atoms with Crippen LogP contribution in [0.15, 0.2) is 48.5 Å². The quantitative estimate of drug-likeness (QED) is 0.941. The van der Waals surface area contributed by atoms with Gasteiger partial charge in [0, 0.05) is 6.54 Å². The summed E-state index contributed by atoms with van der Waals surface area (Å²) >= 11 is 0. The number of amides is 2. The van der Waals surface area contributed by atoms with Crippen LogP contribution in [-0.2, 0) is 16.0 Å². The SMILES string of the molecule is CCC(C(=O)N1CCc2c[c]ccc2C1C(N)=O)c1ccccc1. The van der Waals surface area contributed by atoms with Crippen molar-refractivity contribution in [2.24, 2.45) is 5.73 Å². The minimum Gasteiger partial charge on any atom is -0.368 e. The van der Waals surface area contributed by atoms with Crippen LogP contribution in [0.4, 0.5) is 0 Å². The summed E-state index contributed by atoms with van der Waals surface area (Å²) in [4.78, 5) is 26.9. The number of nitrogens with zero attached hydrogens (tertiary/aromatic N) is 1. The highest BCUT2D eigenvalue weighted by atomic mass is 16.2. The largest absolute Gasteiger partial charge is 0.368 e. The van der Waals surface area contributed by atoms with Gasteiger partial charge in [0.2, 0.25) is 11.8 Å². The maximum absolute atomic E-state index is 13.2. The van der Waals surface area contributed by atoms with Crippen molar-refractivity contribution < 1.29 is 9.59 Å². The summed E-state index contributed by atoms with van der Waals surface area (Å²) in [5.41, 5.74) is 8.48. The summed E-state index contributed by atoms with van der Waals surface area (Å²) in [6, 6.07) is 17.5. The molecule has 0 bridgehead atoms. The number of benzene rings is 2. The number of carbonyl (C=O) groups is 2. The Morgan fingerprint density at radius 1 is 1.29 bits per heavy atom. The lowest BCUT2D eigenvalue weighted by Gasteiger charge is -2.37. The second kappa shape index (κ2) is 6.87. The average Bonchev–Trinajstić information content (AvgIpc) is 2.62. The van der Waals surface area contributed by atoms with E-state index in [0.29, 0.717) is 19.4 Å². The molecule has 4 heteroatoms. The van der Waals surface area contributed by atoms with E-state index in [1.54, 1.807) is 11.0 Å². The predicted octanol–water partition coefficient (Wildman–Crippen LogP) is 2.59. The van der Waals surface area contributed by atoms with Gasteiger partial charge in [0.05, 0.1) is 5.92 Å². The highest BCUT2D eigenvalue weighted by molar-refractivity contribution is 5.91. The zero-order valence-corrected chi connectivity index (χ0v) is 13.7. The van der Waals surface area contributed by atoms with E-state index in [1.165, 1.54) is 0 Å². The molecule has 1 aliphatic rings. The molecule has 24 heavy (non-hydrogen) atoms. The van der Waals surface area contributed by atoms with Crippen molar-refractivity contribution >= 4 is 11.8 Å². The number of carbonyl (C=O) groups excluding carboxylic acids is 2. The Morgan fingerprint density at radius 2 is 2.04 bits per heavy atom. The van der Waals surface area contributed by atoms with Gasteiger partial charge in [-0.15, -0.1) is 0 Å². The van der Waals surface area contributed by atoms with E-state index in [0.717, 1.165) is 16.7 Å². The van der Waals surface area contributed by atoms with Crippen LogP contribution in [0.25, 0.3) is 0 Å². The van der Waals surface area contributed by atoms with E-state index in [2.05, 4.69) is 6.07 Å². The molecule has 2 atom stereocenters. The van der Waals surface area contributed by atoms with Crippen LogP contribution in [-0.4, -0.2) is 23.3 Å². The summed E-state index contributed by atoms with van der Waals surface area (Å²) in [6.45, 7) is 2.49. The van der Waals surface area contributed by atoms with Gasteiger partial charge < -0.3 is 10.6 Å². The number of fused-ring (bicyclic) bond motifs is 1. The summed E-state index contributed by atoms with van der Waals surface area (Å²) in [6.07, 6.45) is 1.40. The second-order valence-corrected chi connectivity index (χ2v) is 6.08. The molecule has 0 spiro atoms. The Kier molecular flexibility index (Phi) is 4.65. The summed E-state index contributed by atoms with van der Waals surface area (Å²) in [5.74, 6) is -0.783. The molecule has 1 radical (unpaired) electrons. The Hall–Kier alpha value is -2.62. The van der Waals surface area contributed by atoms with E-state index in [4.69, 9.17) is 5.73 Å². The summed E-state index contributed by atoms with van der Waals surface area (Å²) < 4.78 is 0. The first-order valence-electron chi connectivity index (χ1n) is 8.27. The fourth-order valence-electron chi connectivity index (χ4n) is 3.48. The van der Waals surface area contributed by atoms with Gasteiger partial charge in [-0.05, 0) is 35.6 Å². The number of hydrogen-bond acceptors (Lipinski definition) is 2. The summed E-state index contributed by atoms with van der Waals surface area (Å²) in [5, 5.41) is 0. The maximum atomic E-state index is 13.2. The van der Waals surface area contributed by atoms with Crippen LogP contribution in [0.2, 0.25) is 0 Å². The third-order valence-corrected chi connectivity index (χ3v) is 4.68. The Bertz CT molecular complexity index is 742. The van der Waals surface area contributed by atoms with Gasteiger partial charge in [-0.25, -0.2) is 0 Å². The van der Waals surface area contributed by atoms with Crippen molar-refractivity contribution in [2.45, 2.75) is 31.7 Å². The van der Waals surface area contributed by atoms with Gasteiger partial charge >= 0.3 is 0 Å². The molecule has 1 aliphatic heterocycles. The number of nitrogens with two attached hydrogens (primary N) is 1. The molecular weight excluding hydrogens is 300 g/mol. The molecule has 2 N–H and O–H groups in total. The molecule has 2 unspecified atom stereocenters. The first-order valence-corrected chi connectivity index (χ1v) is 8.27. The molecule has 0 aromatic heterocycles. The highest BCUT2D eigenvalue weighted by Crippen LogP contribution is 2.33. The van der Waals surface area contributed by atoms with Crippen LogP contribution >= 0.6 is 0 Å². The van der Waals surface area contributed by atoms with Crippen molar-refractivity contribution in [3.05, 3.63) is 71.3 Å². The molecule has 2 aromatic rings. The van der Waals surface area contributed by atoms with Crippen molar-refractivity contribution in [1.29, 1.82) is 0 Å². The molecule has 2 amide bonds. The molecule has 0 aliphatic carbocycles. The van der Waals surface area contributed by atoms with Crippen LogP contribution in [0, 0.1) is 6.07 Å². The van der Waals surface area contributed by atoms with Crippen LogP contribution in [0.1, 0.15) is 42.0 Å². The third kappa shape index (κ3) is 2.92.